The number of nitrogens with zero attached hydrogens (tertiary/aromatic N) is 2. The first-order valence-corrected chi connectivity index (χ1v) is 11.7. The summed E-state index contributed by atoms with van der Waals surface area (Å²) in [6, 6.07) is 9.74. The minimum Gasteiger partial charge on any atom is -0.333 e. The lowest BCUT2D eigenvalue weighted by atomic mass is 10.2. The average Bonchev–Trinajstić information content (AvgIpc) is 3.32. The lowest BCUT2D eigenvalue weighted by Gasteiger charge is -2.24. The number of nitrogens with two attached hydrogens (primary N) is 1. The molecule has 1 saturated heterocycles. The minimum absolute atomic E-state index is 0.0777. The number of urea groups is 1. The van der Waals surface area contributed by atoms with Crippen LogP contribution >= 0.6 is 0 Å². The number of anilines is 1. The SMILES string of the molecule is NC(=O)On1cc(NC(=O)N2C[C@H](F)C[C@H]2CNS(=O)(=O)c2cccc(F)c2)c2ccccc21. The van der Waals surface area contributed by atoms with Crippen molar-refractivity contribution in [1.29, 1.82) is 0 Å². The molecule has 2 atom stereocenters. The summed E-state index contributed by atoms with van der Waals surface area (Å²) in [5, 5.41) is 3.19. The van der Waals surface area contributed by atoms with Crippen LogP contribution in [0.4, 0.5) is 24.1 Å². The molecule has 0 saturated carbocycles. The van der Waals surface area contributed by atoms with Gasteiger partial charge in [0, 0.05) is 24.4 Å². The molecule has 4 N–H and O–H groups in total. The third kappa shape index (κ3) is 4.94. The summed E-state index contributed by atoms with van der Waals surface area (Å²) in [7, 11) is -4.07. The predicted molar refractivity (Wildman–Crippen MR) is 119 cm³/mol. The number of alkyl halides is 1. The summed E-state index contributed by atoms with van der Waals surface area (Å²) in [5.74, 6) is -0.715. The molecule has 0 spiro atoms. The van der Waals surface area contributed by atoms with Gasteiger partial charge in [-0.3, -0.25) is 0 Å². The summed E-state index contributed by atoms with van der Waals surface area (Å²) < 4.78 is 56.0. The van der Waals surface area contributed by atoms with Crippen molar-refractivity contribution in [2.45, 2.75) is 23.5 Å². The largest absolute Gasteiger partial charge is 0.429 e. The molecule has 3 aromatic rings. The van der Waals surface area contributed by atoms with Crippen LogP contribution in [-0.2, 0) is 10.0 Å². The molecular weight excluding hydrogens is 472 g/mol. The van der Waals surface area contributed by atoms with Gasteiger partial charge in [0.05, 0.1) is 28.8 Å². The van der Waals surface area contributed by atoms with Crippen LogP contribution in [0, 0.1) is 5.82 Å². The van der Waals surface area contributed by atoms with E-state index in [-0.39, 0.29) is 30.1 Å². The van der Waals surface area contributed by atoms with E-state index in [0.29, 0.717) is 10.9 Å². The van der Waals surface area contributed by atoms with Crippen LogP contribution in [0.25, 0.3) is 10.9 Å². The van der Waals surface area contributed by atoms with E-state index in [9.17, 15) is 26.8 Å². The van der Waals surface area contributed by atoms with Gasteiger partial charge in [-0.25, -0.2) is 31.5 Å². The van der Waals surface area contributed by atoms with Crippen LogP contribution in [0.2, 0.25) is 0 Å². The molecule has 13 heteroatoms. The third-order valence-electron chi connectivity index (χ3n) is 5.35. The van der Waals surface area contributed by atoms with Crippen LogP contribution in [0.3, 0.4) is 0 Å². The smallest absolute Gasteiger partial charge is 0.333 e. The Hall–Kier alpha value is -3.71. The first-order chi connectivity index (χ1) is 16.1. The van der Waals surface area contributed by atoms with Crippen molar-refractivity contribution >= 4 is 38.7 Å². The Morgan fingerprint density at radius 2 is 1.94 bits per heavy atom. The third-order valence-corrected chi connectivity index (χ3v) is 6.77. The van der Waals surface area contributed by atoms with Gasteiger partial charge >= 0.3 is 12.1 Å². The number of likely N-dealkylation sites (tertiary alicyclic amines) is 1. The molecule has 0 unspecified atom stereocenters. The first-order valence-electron chi connectivity index (χ1n) is 10.2. The number of nitrogens with one attached hydrogen (secondary N) is 2. The zero-order valence-electron chi connectivity index (χ0n) is 17.6. The number of hydrogen-bond acceptors (Lipinski definition) is 5. The number of fused-ring (bicyclic) bond motifs is 1. The fraction of sp³-hybridized carbons (Fsp3) is 0.238. The zero-order valence-corrected chi connectivity index (χ0v) is 18.5. The summed E-state index contributed by atoms with van der Waals surface area (Å²) in [6.07, 6.45) is -1.14. The molecule has 1 fully saturated rings. The molecular formula is C21H21F2N5O5S. The molecule has 180 valence electrons. The zero-order chi connectivity index (χ0) is 24.5. The molecule has 0 aliphatic carbocycles. The highest BCUT2D eigenvalue weighted by Crippen LogP contribution is 2.27. The summed E-state index contributed by atoms with van der Waals surface area (Å²) in [5.41, 5.74) is 5.82. The maximum atomic E-state index is 14.2. The number of aromatic nitrogens is 1. The van der Waals surface area contributed by atoms with E-state index in [1.54, 1.807) is 24.3 Å². The second-order valence-corrected chi connectivity index (χ2v) is 9.44. The number of carbonyl (C=O) groups is 2. The van der Waals surface area contributed by atoms with Gasteiger partial charge in [-0.2, -0.15) is 4.73 Å². The van der Waals surface area contributed by atoms with E-state index in [1.165, 1.54) is 23.2 Å². The van der Waals surface area contributed by atoms with Crippen molar-refractivity contribution in [2.75, 3.05) is 18.4 Å². The highest BCUT2D eigenvalue weighted by atomic mass is 32.2. The number of hydrogen-bond donors (Lipinski definition) is 3. The van der Waals surface area contributed by atoms with Gasteiger partial charge in [-0.1, -0.05) is 24.3 Å². The predicted octanol–water partition coefficient (Wildman–Crippen LogP) is 2.21. The average molecular weight is 493 g/mol. The highest BCUT2D eigenvalue weighted by molar-refractivity contribution is 7.89. The Bertz CT molecular complexity index is 1350. The van der Waals surface area contributed by atoms with Crippen LogP contribution in [0.5, 0.6) is 0 Å². The summed E-state index contributed by atoms with van der Waals surface area (Å²) in [6.45, 7) is -0.506. The quantitative estimate of drug-likeness (QED) is 0.484. The fourth-order valence-corrected chi connectivity index (χ4v) is 4.94. The lowest BCUT2D eigenvalue weighted by Crippen LogP contribution is -2.45. The Morgan fingerprint density at radius 1 is 1.18 bits per heavy atom. The standard InChI is InChI=1S/C21H21F2N5O5S/c22-13-4-3-5-16(9-13)34(31,32)25-10-15-8-14(23)11-27(15)21(30)26-18-12-28(33-20(24)29)19-7-2-1-6-17(18)19/h1-7,9,12,14-15,25H,8,10-11H2,(H2,24,29)(H,26,30)/t14-,15+/m1/s1. The van der Waals surface area contributed by atoms with E-state index < -0.39 is 40.2 Å². The summed E-state index contributed by atoms with van der Waals surface area (Å²) in [4.78, 5) is 29.9. The van der Waals surface area contributed by atoms with Crippen molar-refractivity contribution in [3.05, 3.63) is 60.5 Å². The minimum atomic E-state index is -4.07. The molecule has 1 aromatic heterocycles. The second kappa shape index (κ2) is 9.27. The molecule has 0 radical (unpaired) electrons. The van der Waals surface area contributed by atoms with Gasteiger partial charge in [0.2, 0.25) is 10.0 Å². The molecule has 3 amide bonds. The van der Waals surface area contributed by atoms with E-state index in [0.717, 1.165) is 16.9 Å². The van der Waals surface area contributed by atoms with Crippen molar-refractivity contribution < 1.29 is 31.6 Å². The number of primary amides is 1. The Balaban J connectivity index is 1.50. The van der Waals surface area contributed by atoms with Gasteiger partial charge in [-0.15, -0.1) is 0 Å². The number of carbonyl (C=O) groups excluding carboxylic acids is 2. The molecule has 4 rings (SSSR count). The molecule has 0 bridgehead atoms. The Kier molecular flexibility index (Phi) is 6.39. The van der Waals surface area contributed by atoms with Gasteiger partial charge < -0.3 is 20.8 Å². The lowest BCUT2D eigenvalue weighted by molar-refractivity contribution is 0.149. The van der Waals surface area contributed by atoms with Crippen LogP contribution in [0.15, 0.2) is 59.6 Å². The van der Waals surface area contributed by atoms with Crippen LogP contribution < -0.4 is 20.6 Å². The maximum Gasteiger partial charge on any atom is 0.429 e. The van der Waals surface area contributed by atoms with E-state index >= 15 is 0 Å². The molecule has 1 aliphatic heterocycles. The topological polar surface area (TPSA) is 136 Å². The number of amides is 3. The number of benzene rings is 2. The summed E-state index contributed by atoms with van der Waals surface area (Å²) >= 11 is 0. The molecule has 1 aliphatic rings. The number of para-hydroxylation sites is 1. The van der Waals surface area contributed by atoms with Gasteiger partial charge in [-0.05, 0) is 24.3 Å². The highest BCUT2D eigenvalue weighted by Gasteiger charge is 2.36. The monoisotopic (exact) mass is 493 g/mol. The van der Waals surface area contributed by atoms with E-state index in [2.05, 4.69) is 10.0 Å². The van der Waals surface area contributed by atoms with Crippen molar-refractivity contribution in [2.24, 2.45) is 5.73 Å². The normalized spacial score (nSPS) is 18.2. The molecule has 10 nitrogen and oxygen atoms in total. The van der Waals surface area contributed by atoms with Crippen LogP contribution in [-0.4, -0.2) is 55.5 Å². The molecule has 2 heterocycles. The van der Waals surface area contributed by atoms with Gasteiger partial charge in [0.25, 0.3) is 0 Å². The Labute approximate surface area is 193 Å². The second-order valence-electron chi connectivity index (χ2n) is 7.67. The first kappa shape index (κ1) is 23.4. The van der Waals surface area contributed by atoms with Crippen molar-refractivity contribution in [3.8, 4) is 0 Å². The fourth-order valence-electron chi connectivity index (χ4n) is 3.83. The van der Waals surface area contributed by atoms with Crippen LogP contribution in [0.1, 0.15) is 6.42 Å². The van der Waals surface area contributed by atoms with E-state index in [4.69, 9.17) is 10.6 Å². The van der Waals surface area contributed by atoms with Gasteiger partial charge in [0.1, 0.15) is 12.0 Å². The Morgan fingerprint density at radius 3 is 2.68 bits per heavy atom. The molecule has 2 aromatic carbocycles. The van der Waals surface area contributed by atoms with Crippen molar-refractivity contribution in [3.63, 3.8) is 0 Å². The number of rotatable bonds is 6. The molecule has 34 heavy (non-hydrogen) atoms. The van der Waals surface area contributed by atoms with Crippen molar-refractivity contribution in [1.82, 2.24) is 14.4 Å². The number of halogens is 2. The van der Waals surface area contributed by atoms with E-state index in [1.807, 2.05) is 0 Å². The maximum absolute atomic E-state index is 14.2. The number of sulfonamides is 1. The van der Waals surface area contributed by atoms with Gasteiger partial charge in [0.15, 0.2) is 0 Å².